The number of hydrogen-bond donors (Lipinski definition) is 1. The monoisotopic (exact) mass is 431 g/mol. The highest BCUT2D eigenvalue weighted by Gasteiger charge is 2.46. The van der Waals surface area contributed by atoms with Gasteiger partial charge in [0.15, 0.2) is 6.61 Å². The maximum absolute atomic E-state index is 12.4. The molecule has 0 unspecified atom stereocenters. The van der Waals surface area contributed by atoms with E-state index in [1.165, 1.54) is 19.2 Å². The third-order valence-electron chi connectivity index (χ3n) is 5.17. The van der Waals surface area contributed by atoms with E-state index in [1.54, 1.807) is 0 Å². The van der Waals surface area contributed by atoms with E-state index in [1.807, 2.05) is 12.2 Å². The van der Waals surface area contributed by atoms with Crippen molar-refractivity contribution >= 4 is 35.1 Å². The summed E-state index contributed by atoms with van der Waals surface area (Å²) in [7, 11) is 1.29. The number of carbonyl (C=O) groups is 4. The minimum absolute atomic E-state index is 0.0795. The molecule has 3 amide bonds. The van der Waals surface area contributed by atoms with Gasteiger partial charge in [0.05, 0.1) is 42.0 Å². The maximum Gasteiger partial charge on any atom is 0.308 e. The molecule has 2 atom stereocenters. The quantitative estimate of drug-likeness (QED) is 0.214. The van der Waals surface area contributed by atoms with Gasteiger partial charge in [0.25, 0.3) is 11.6 Å². The van der Waals surface area contributed by atoms with Crippen molar-refractivity contribution in [2.24, 2.45) is 11.8 Å². The van der Waals surface area contributed by atoms with Gasteiger partial charge in [-0.1, -0.05) is 12.2 Å². The normalized spacial score (nSPS) is 19.7. The molecule has 0 radical (unpaired) electrons. The molecule has 0 aromatic heterocycles. The Bertz CT molecular complexity index is 932. The first-order chi connectivity index (χ1) is 14.8. The number of anilines is 1. The first kappa shape index (κ1) is 21.9. The third kappa shape index (κ3) is 4.87. The number of esters is 1. The minimum atomic E-state index is -0.737. The first-order valence-corrected chi connectivity index (χ1v) is 9.60. The summed E-state index contributed by atoms with van der Waals surface area (Å²) in [6.45, 7) is -0.697. The fourth-order valence-corrected chi connectivity index (χ4v) is 3.59. The van der Waals surface area contributed by atoms with Gasteiger partial charge in [0.2, 0.25) is 11.8 Å². The smallest absolute Gasteiger partial charge is 0.308 e. The minimum Gasteiger partial charge on any atom is -0.494 e. The van der Waals surface area contributed by atoms with Crippen LogP contribution in [0.25, 0.3) is 0 Å². The number of methoxy groups -OCH3 is 1. The third-order valence-corrected chi connectivity index (χ3v) is 5.17. The highest BCUT2D eigenvalue weighted by atomic mass is 16.6. The van der Waals surface area contributed by atoms with Crippen LogP contribution in [0.5, 0.6) is 5.75 Å². The van der Waals surface area contributed by atoms with Crippen LogP contribution in [0.2, 0.25) is 0 Å². The number of nitrogens with one attached hydrogen (secondary N) is 1. The van der Waals surface area contributed by atoms with Gasteiger partial charge in [0.1, 0.15) is 5.75 Å². The molecule has 1 N–H and O–H groups in total. The fraction of sp³-hybridized carbons (Fsp3) is 0.400. The van der Waals surface area contributed by atoms with Crippen LogP contribution in [0.3, 0.4) is 0 Å². The fourth-order valence-electron chi connectivity index (χ4n) is 3.59. The number of carbonyl (C=O) groups excluding carboxylic acids is 4. The van der Waals surface area contributed by atoms with Crippen molar-refractivity contribution in [2.45, 2.75) is 19.3 Å². The summed E-state index contributed by atoms with van der Waals surface area (Å²) in [4.78, 5) is 60.0. The van der Waals surface area contributed by atoms with E-state index in [0.717, 1.165) is 11.0 Å². The van der Waals surface area contributed by atoms with Crippen LogP contribution in [-0.4, -0.2) is 53.8 Å². The molecule has 0 spiro atoms. The van der Waals surface area contributed by atoms with Crippen molar-refractivity contribution in [2.75, 3.05) is 25.6 Å². The van der Waals surface area contributed by atoms with Gasteiger partial charge in [-0.3, -0.25) is 34.2 Å². The molecule has 0 saturated carbocycles. The van der Waals surface area contributed by atoms with Gasteiger partial charge in [-0.05, 0) is 18.9 Å². The molecular formula is C20H21N3O8. The van der Waals surface area contributed by atoms with E-state index < -0.39 is 23.4 Å². The highest BCUT2D eigenvalue weighted by Crippen LogP contribution is 2.35. The Hall–Kier alpha value is -3.76. The largest absolute Gasteiger partial charge is 0.494 e. The predicted molar refractivity (Wildman–Crippen MR) is 106 cm³/mol. The molecule has 31 heavy (non-hydrogen) atoms. The molecule has 1 heterocycles. The Morgan fingerprint density at radius 2 is 1.84 bits per heavy atom. The molecule has 1 saturated heterocycles. The van der Waals surface area contributed by atoms with Crippen LogP contribution in [0, 0.1) is 22.0 Å². The number of nitro benzene ring substituents is 1. The average molecular weight is 431 g/mol. The van der Waals surface area contributed by atoms with Crippen molar-refractivity contribution in [3.05, 3.63) is 40.5 Å². The molecule has 1 aromatic rings. The van der Waals surface area contributed by atoms with Crippen LogP contribution >= 0.6 is 0 Å². The Balaban J connectivity index is 1.47. The molecule has 0 bridgehead atoms. The Labute approximate surface area is 177 Å². The second-order valence-electron chi connectivity index (χ2n) is 7.08. The van der Waals surface area contributed by atoms with Gasteiger partial charge in [-0.15, -0.1) is 0 Å². The number of benzene rings is 1. The maximum atomic E-state index is 12.4. The molecule has 1 aliphatic heterocycles. The molecular weight excluding hydrogens is 410 g/mol. The molecule has 1 aliphatic carbocycles. The molecule has 1 aromatic carbocycles. The number of imide groups is 1. The van der Waals surface area contributed by atoms with Crippen LogP contribution in [0.1, 0.15) is 19.3 Å². The summed E-state index contributed by atoms with van der Waals surface area (Å²) >= 11 is 0. The first-order valence-electron chi connectivity index (χ1n) is 9.60. The summed E-state index contributed by atoms with van der Waals surface area (Å²) in [5.41, 5.74) is -0.0264. The van der Waals surface area contributed by atoms with E-state index in [4.69, 9.17) is 9.47 Å². The number of nitro groups is 1. The molecule has 11 heteroatoms. The number of hydrogen-bond acceptors (Lipinski definition) is 8. The zero-order valence-electron chi connectivity index (χ0n) is 16.7. The summed E-state index contributed by atoms with van der Waals surface area (Å²) in [5, 5.41) is 13.2. The number of allylic oxidation sites excluding steroid dienone is 2. The van der Waals surface area contributed by atoms with Gasteiger partial charge >= 0.3 is 5.97 Å². The number of amides is 3. The number of rotatable bonds is 8. The zero-order chi connectivity index (χ0) is 22.5. The summed E-state index contributed by atoms with van der Waals surface area (Å²) in [6, 6.07) is 3.65. The van der Waals surface area contributed by atoms with Gasteiger partial charge in [0, 0.05) is 12.6 Å². The average Bonchev–Trinajstić information content (AvgIpc) is 3.01. The predicted octanol–water partition coefficient (Wildman–Crippen LogP) is 1.43. The van der Waals surface area contributed by atoms with Crippen LogP contribution < -0.4 is 10.1 Å². The Morgan fingerprint density at radius 3 is 2.42 bits per heavy atom. The van der Waals surface area contributed by atoms with Gasteiger partial charge < -0.3 is 14.8 Å². The lowest BCUT2D eigenvalue weighted by atomic mass is 9.85. The van der Waals surface area contributed by atoms with Crippen molar-refractivity contribution in [1.82, 2.24) is 4.90 Å². The molecule has 11 nitrogen and oxygen atoms in total. The lowest BCUT2D eigenvalue weighted by Gasteiger charge is -2.14. The van der Waals surface area contributed by atoms with Gasteiger partial charge in [-0.25, -0.2) is 0 Å². The second kappa shape index (κ2) is 9.37. The topological polar surface area (TPSA) is 145 Å². The number of non-ortho nitro benzene ring substituents is 1. The number of ether oxygens (including phenoxy) is 2. The summed E-state index contributed by atoms with van der Waals surface area (Å²) in [5.74, 6) is -2.63. The van der Waals surface area contributed by atoms with Crippen molar-refractivity contribution < 1.29 is 33.6 Å². The molecule has 1 fully saturated rings. The number of likely N-dealkylation sites (tertiary alicyclic amines) is 1. The van der Waals surface area contributed by atoms with Crippen molar-refractivity contribution in [1.29, 1.82) is 0 Å². The van der Waals surface area contributed by atoms with Crippen LogP contribution in [0.15, 0.2) is 30.4 Å². The SMILES string of the molecule is COc1cc([N+](=O)[O-])ccc1NC(=O)COC(=O)CCN1C(=O)[C@H]2CC=CC[C@@H]2C1=O. The highest BCUT2D eigenvalue weighted by molar-refractivity contribution is 6.05. The van der Waals surface area contributed by atoms with E-state index in [-0.39, 0.29) is 53.7 Å². The van der Waals surface area contributed by atoms with E-state index in [2.05, 4.69) is 5.32 Å². The zero-order valence-corrected chi connectivity index (χ0v) is 16.7. The second-order valence-corrected chi connectivity index (χ2v) is 7.08. The standard InChI is InChI=1S/C20H21N3O8/c1-30-16-10-12(23(28)29)6-7-15(16)21-17(24)11-31-18(25)8-9-22-19(26)13-4-2-3-5-14(13)20(22)27/h2-3,6-7,10,13-14H,4-5,8-9,11H2,1H3,(H,21,24)/t13-,14-/m0/s1. The van der Waals surface area contributed by atoms with Crippen molar-refractivity contribution in [3.63, 3.8) is 0 Å². The number of fused-ring (bicyclic) bond motifs is 1. The lowest BCUT2D eigenvalue weighted by Crippen LogP contribution is -2.33. The van der Waals surface area contributed by atoms with Crippen molar-refractivity contribution in [3.8, 4) is 5.75 Å². The summed E-state index contributed by atoms with van der Waals surface area (Å²) in [6.07, 6.45) is 4.56. The summed E-state index contributed by atoms with van der Waals surface area (Å²) < 4.78 is 9.92. The van der Waals surface area contributed by atoms with Crippen LogP contribution in [-0.2, 0) is 23.9 Å². The molecule has 2 aliphatic rings. The molecule has 164 valence electrons. The van der Waals surface area contributed by atoms with E-state index >= 15 is 0 Å². The lowest BCUT2D eigenvalue weighted by molar-refractivity contribution is -0.384. The number of nitrogens with zero attached hydrogens (tertiary/aromatic N) is 2. The van der Waals surface area contributed by atoms with Crippen LogP contribution in [0.4, 0.5) is 11.4 Å². The molecule has 3 rings (SSSR count). The van der Waals surface area contributed by atoms with Gasteiger partial charge in [-0.2, -0.15) is 0 Å². The Morgan fingerprint density at radius 1 is 1.19 bits per heavy atom. The Kier molecular flexibility index (Phi) is 6.63. The van der Waals surface area contributed by atoms with E-state index in [0.29, 0.717) is 12.8 Å². The van der Waals surface area contributed by atoms with E-state index in [9.17, 15) is 29.3 Å².